The lowest BCUT2D eigenvalue weighted by Crippen LogP contribution is -2.40. The fourth-order valence-electron chi connectivity index (χ4n) is 2.91. The van der Waals surface area contributed by atoms with Gasteiger partial charge in [0.05, 0.1) is 23.9 Å². The number of thioether (sulfide) groups is 1. The number of sulfonamides is 1. The lowest BCUT2D eigenvalue weighted by Gasteiger charge is -2.26. The molecule has 1 N–H and O–H groups in total. The molecule has 31 heavy (non-hydrogen) atoms. The third-order valence-corrected chi connectivity index (χ3v) is 7.57. The molecule has 1 heterocycles. The molecule has 0 spiro atoms. The summed E-state index contributed by atoms with van der Waals surface area (Å²) < 4.78 is 37.0. The number of morpholine rings is 1. The zero-order chi connectivity index (χ0) is 22.3. The summed E-state index contributed by atoms with van der Waals surface area (Å²) >= 11 is 1.34. The van der Waals surface area contributed by atoms with Crippen molar-refractivity contribution < 1.29 is 27.5 Å². The first kappa shape index (κ1) is 23.3. The number of nitrogens with one attached hydrogen (secondary N) is 1. The number of carbonyl (C=O) groups is 2. The number of anilines is 1. The lowest BCUT2D eigenvalue weighted by molar-refractivity contribution is -0.144. The quantitative estimate of drug-likeness (QED) is 0.472. The minimum Gasteiger partial charge on any atom is -0.455 e. The maximum absolute atomic E-state index is 12.7. The topological polar surface area (TPSA) is 102 Å². The second-order valence-corrected chi connectivity index (χ2v) is 9.76. The summed E-state index contributed by atoms with van der Waals surface area (Å²) in [6, 6.07) is 13.7. The molecule has 1 aliphatic heterocycles. The second-order valence-electron chi connectivity index (χ2n) is 6.81. The molecule has 1 aliphatic rings. The fourth-order valence-corrected chi connectivity index (χ4v) is 5.19. The van der Waals surface area contributed by atoms with Crippen LogP contribution >= 0.6 is 11.8 Å². The molecule has 0 radical (unpaired) electrons. The minimum absolute atomic E-state index is 0.0822. The number of amides is 1. The Morgan fingerprint density at radius 1 is 1.13 bits per heavy atom. The third kappa shape index (κ3) is 6.54. The SMILES string of the molecule is Cc1ccccc1SCC(=O)OCC(=O)Nc1cccc(S(=O)(=O)N2CCOCC2)c1. The summed E-state index contributed by atoms with van der Waals surface area (Å²) in [4.78, 5) is 25.1. The van der Waals surface area contributed by atoms with E-state index in [2.05, 4.69) is 5.32 Å². The van der Waals surface area contributed by atoms with Gasteiger partial charge in [-0.3, -0.25) is 9.59 Å². The second kappa shape index (κ2) is 10.8. The van der Waals surface area contributed by atoms with Gasteiger partial charge in [-0.15, -0.1) is 11.8 Å². The van der Waals surface area contributed by atoms with E-state index >= 15 is 0 Å². The number of hydrogen-bond donors (Lipinski definition) is 1. The fraction of sp³-hybridized carbons (Fsp3) is 0.333. The Bertz CT molecular complexity index is 1040. The van der Waals surface area contributed by atoms with Crippen LogP contribution in [0.4, 0.5) is 5.69 Å². The number of ether oxygens (including phenoxy) is 2. The smallest absolute Gasteiger partial charge is 0.316 e. The van der Waals surface area contributed by atoms with Gasteiger partial charge in [0.1, 0.15) is 0 Å². The first-order chi connectivity index (χ1) is 14.9. The number of aryl methyl sites for hydroxylation is 1. The van der Waals surface area contributed by atoms with Crippen LogP contribution in [0.2, 0.25) is 0 Å². The Hall–Kier alpha value is -2.40. The number of benzene rings is 2. The average molecular weight is 465 g/mol. The van der Waals surface area contributed by atoms with E-state index < -0.39 is 28.5 Å². The maximum Gasteiger partial charge on any atom is 0.316 e. The Morgan fingerprint density at radius 2 is 1.87 bits per heavy atom. The molecule has 0 bridgehead atoms. The van der Waals surface area contributed by atoms with Crippen molar-refractivity contribution in [1.82, 2.24) is 4.31 Å². The summed E-state index contributed by atoms with van der Waals surface area (Å²) in [5.41, 5.74) is 1.37. The van der Waals surface area contributed by atoms with Gasteiger partial charge < -0.3 is 14.8 Å². The van der Waals surface area contributed by atoms with E-state index in [-0.39, 0.29) is 23.7 Å². The molecule has 1 amide bonds. The highest BCUT2D eigenvalue weighted by Crippen LogP contribution is 2.22. The molecule has 2 aromatic carbocycles. The summed E-state index contributed by atoms with van der Waals surface area (Å²) in [5.74, 6) is -0.965. The summed E-state index contributed by atoms with van der Waals surface area (Å²) in [7, 11) is -3.67. The van der Waals surface area contributed by atoms with Crippen LogP contribution in [0, 0.1) is 6.92 Å². The Kier molecular flexibility index (Phi) is 8.08. The standard InChI is InChI=1S/C21H24N2O6S2/c1-16-5-2-3-8-19(16)30-15-21(25)29-14-20(24)22-17-6-4-7-18(13-17)31(26,27)23-9-11-28-12-10-23/h2-8,13H,9-12,14-15H2,1H3,(H,22,24). The molecule has 0 aliphatic carbocycles. The first-order valence-corrected chi connectivity index (χ1v) is 12.1. The van der Waals surface area contributed by atoms with Crippen molar-refractivity contribution in [2.45, 2.75) is 16.7 Å². The molecule has 166 valence electrons. The highest BCUT2D eigenvalue weighted by atomic mass is 32.2. The summed E-state index contributed by atoms with van der Waals surface area (Å²) in [6.07, 6.45) is 0. The van der Waals surface area contributed by atoms with E-state index in [0.717, 1.165) is 10.5 Å². The van der Waals surface area contributed by atoms with E-state index in [0.29, 0.717) is 18.9 Å². The zero-order valence-corrected chi connectivity index (χ0v) is 18.7. The van der Waals surface area contributed by atoms with E-state index in [9.17, 15) is 18.0 Å². The van der Waals surface area contributed by atoms with Gasteiger partial charge in [0.15, 0.2) is 6.61 Å². The lowest BCUT2D eigenvalue weighted by atomic mass is 10.2. The Morgan fingerprint density at radius 3 is 2.61 bits per heavy atom. The number of esters is 1. The molecular weight excluding hydrogens is 440 g/mol. The van der Waals surface area contributed by atoms with Crippen LogP contribution in [-0.2, 0) is 29.1 Å². The number of nitrogens with zero attached hydrogens (tertiary/aromatic N) is 1. The molecule has 0 atom stereocenters. The van der Waals surface area contributed by atoms with Crippen LogP contribution in [0.1, 0.15) is 5.56 Å². The van der Waals surface area contributed by atoms with Crippen molar-refractivity contribution in [1.29, 1.82) is 0 Å². The highest BCUT2D eigenvalue weighted by molar-refractivity contribution is 8.00. The normalized spacial score (nSPS) is 14.7. The van der Waals surface area contributed by atoms with Crippen molar-refractivity contribution in [3.05, 3.63) is 54.1 Å². The summed E-state index contributed by atoms with van der Waals surface area (Å²) in [6.45, 7) is 2.78. The maximum atomic E-state index is 12.7. The molecule has 1 saturated heterocycles. The van der Waals surface area contributed by atoms with Crippen LogP contribution in [0.25, 0.3) is 0 Å². The molecule has 0 aromatic heterocycles. The molecule has 8 nitrogen and oxygen atoms in total. The summed E-state index contributed by atoms with van der Waals surface area (Å²) in [5, 5.41) is 2.56. The number of carbonyl (C=O) groups excluding carboxylic acids is 2. The van der Waals surface area contributed by atoms with Gasteiger partial charge in [-0.1, -0.05) is 24.3 Å². The van der Waals surface area contributed by atoms with Crippen LogP contribution in [0.5, 0.6) is 0 Å². The van der Waals surface area contributed by atoms with Crippen LogP contribution < -0.4 is 5.32 Å². The molecule has 2 aromatic rings. The third-order valence-electron chi connectivity index (χ3n) is 4.53. The minimum atomic E-state index is -3.67. The van der Waals surface area contributed by atoms with Crippen LogP contribution in [0.3, 0.4) is 0 Å². The molecular formula is C21H24N2O6S2. The van der Waals surface area contributed by atoms with Crippen molar-refractivity contribution in [2.75, 3.05) is 44.0 Å². The van der Waals surface area contributed by atoms with E-state index in [1.807, 2.05) is 31.2 Å². The Balaban J connectivity index is 1.51. The monoisotopic (exact) mass is 464 g/mol. The predicted molar refractivity (Wildman–Crippen MR) is 118 cm³/mol. The number of hydrogen-bond acceptors (Lipinski definition) is 7. The zero-order valence-electron chi connectivity index (χ0n) is 17.1. The van der Waals surface area contributed by atoms with Crippen molar-refractivity contribution >= 4 is 39.3 Å². The van der Waals surface area contributed by atoms with Gasteiger partial charge in [-0.2, -0.15) is 4.31 Å². The van der Waals surface area contributed by atoms with Gasteiger partial charge >= 0.3 is 5.97 Å². The molecule has 0 unspecified atom stereocenters. The molecule has 3 rings (SSSR count). The predicted octanol–water partition coefficient (Wildman–Crippen LogP) is 2.29. The van der Waals surface area contributed by atoms with Crippen LogP contribution in [0.15, 0.2) is 58.3 Å². The first-order valence-electron chi connectivity index (χ1n) is 9.68. The van der Waals surface area contributed by atoms with Gasteiger partial charge in [0.2, 0.25) is 10.0 Å². The van der Waals surface area contributed by atoms with Crippen molar-refractivity contribution in [2.24, 2.45) is 0 Å². The van der Waals surface area contributed by atoms with E-state index in [4.69, 9.17) is 9.47 Å². The van der Waals surface area contributed by atoms with Crippen molar-refractivity contribution in [3.63, 3.8) is 0 Å². The van der Waals surface area contributed by atoms with Gasteiger partial charge in [0, 0.05) is 23.7 Å². The molecule has 10 heteroatoms. The van der Waals surface area contributed by atoms with E-state index in [1.54, 1.807) is 12.1 Å². The van der Waals surface area contributed by atoms with Crippen molar-refractivity contribution in [3.8, 4) is 0 Å². The highest BCUT2D eigenvalue weighted by Gasteiger charge is 2.26. The largest absolute Gasteiger partial charge is 0.455 e. The van der Waals surface area contributed by atoms with Gasteiger partial charge in [0.25, 0.3) is 5.91 Å². The van der Waals surface area contributed by atoms with Gasteiger partial charge in [-0.25, -0.2) is 8.42 Å². The molecule has 1 fully saturated rings. The average Bonchev–Trinajstić information content (AvgIpc) is 2.78. The van der Waals surface area contributed by atoms with E-state index in [1.165, 1.54) is 28.2 Å². The van der Waals surface area contributed by atoms with Crippen LogP contribution in [-0.4, -0.2) is 63.3 Å². The molecule has 0 saturated carbocycles. The van der Waals surface area contributed by atoms with Gasteiger partial charge in [-0.05, 0) is 36.8 Å². The number of rotatable bonds is 8. The Labute approximate surface area is 186 Å².